The van der Waals surface area contributed by atoms with Crippen molar-refractivity contribution < 1.29 is 4.74 Å². The van der Waals surface area contributed by atoms with Gasteiger partial charge in [0, 0.05) is 19.6 Å². The monoisotopic (exact) mass is 206 g/mol. The molecule has 0 aliphatic carbocycles. The third-order valence-corrected chi connectivity index (χ3v) is 3.50. The summed E-state index contributed by atoms with van der Waals surface area (Å²) in [5.74, 6) is 0.771. The highest BCUT2D eigenvalue weighted by atomic mass is 35.5. The van der Waals surface area contributed by atoms with Crippen LogP contribution in [0.5, 0.6) is 0 Å². The highest BCUT2D eigenvalue weighted by molar-refractivity contribution is 6.18. The van der Waals surface area contributed by atoms with E-state index < -0.39 is 0 Å². The largest absolute Gasteiger partial charge is 0.385 e. The van der Waals surface area contributed by atoms with Gasteiger partial charge in [-0.1, -0.05) is 26.7 Å². The summed E-state index contributed by atoms with van der Waals surface area (Å²) in [5, 5.41) is 0. The van der Waals surface area contributed by atoms with Crippen LogP contribution >= 0.6 is 11.6 Å². The normalized spacial score (nSPS) is 15.7. The fourth-order valence-electron chi connectivity index (χ4n) is 1.58. The van der Waals surface area contributed by atoms with Crippen LogP contribution in [0.15, 0.2) is 0 Å². The van der Waals surface area contributed by atoms with Gasteiger partial charge in [-0.25, -0.2) is 0 Å². The van der Waals surface area contributed by atoms with Crippen molar-refractivity contribution in [3.8, 4) is 0 Å². The molecule has 0 amide bonds. The molecule has 0 aliphatic heterocycles. The molecule has 0 aromatic carbocycles. The fraction of sp³-hybridized carbons (Fsp3) is 1.00. The molecule has 1 unspecified atom stereocenters. The van der Waals surface area contributed by atoms with E-state index >= 15 is 0 Å². The molecule has 0 radical (unpaired) electrons. The first-order valence-corrected chi connectivity index (χ1v) is 5.83. The SMILES string of the molecule is CCCCC(CC)(CCl)CCOC. The lowest BCUT2D eigenvalue weighted by Gasteiger charge is -2.30. The second-order valence-electron chi connectivity index (χ2n) is 3.83. The van der Waals surface area contributed by atoms with Crippen LogP contribution in [0.3, 0.4) is 0 Å². The topological polar surface area (TPSA) is 9.23 Å². The molecule has 0 aromatic heterocycles. The van der Waals surface area contributed by atoms with E-state index in [2.05, 4.69) is 13.8 Å². The number of hydrogen-bond donors (Lipinski definition) is 0. The minimum atomic E-state index is 0.327. The number of hydrogen-bond acceptors (Lipinski definition) is 1. The maximum absolute atomic E-state index is 6.04. The van der Waals surface area contributed by atoms with Crippen molar-refractivity contribution in [2.45, 2.75) is 46.0 Å². The Bertz CT molecular complexity index is 101. The summed E-state index contributed by atoms with van der Waals surface area (Å²) in [6.45, 7) is 5.29. The van der Waals surface area contributed by atoms with E-state index in [1.54, 1.807) is 7.11 Å². The van der Waals surface area contributed by atoms with Crippen molar-refractivity contribution in [3.63, 3.8) is 0 Å². The molecule has 0 bridgehead atoms. The Labute approximate surface area is 87.8 Å². The Kier molecular flexibility index (Phi) is 7.78. The minimum Gasteiger partial charge on any atom is -0.385 e. The molecule has 0 heterocycles. The van der Waals surface area contributed by atoms with Gasteiger partial charge in [0.2, 0.25) is 0 Å². The molecule has 0 saturated carbocycles. The van der Waals surface area contributed by atoms with Crippen molar-refractivity contribution in [2.24, 2.45) is 5.41 Å². The lowest BCUT2D eigenvalue weighted by molar-refractivity contribution is 0.135. The van der Waals surface area contributed by atoms with Crippen molar-refractivity contribution in [1.82, 2.24) is 0 Å². The summed E-state index contributed by atoms with van der Waals surface area (Å²) in [6.07, 6.45) is 6.05. The zero-order chi connectivity index (χ0) is 10.2. The molecule has 1 nitrogen and oxygen atoms in total. The van der Waals surface area contributed by atoms with Crippen LogP contribution < -0.4 is 0 Å². The molecule has 0 fully saturated rings. The predicted octanol–water partition coefficient (Wildman–Crippen LogP) is 3.85. The van der Waals surface area contributed by atoms with Gasteiger partial charge < -0.3 is 4.74 Å². The second-order valence-corrected chi connectivity index (χ2v) is 4.10. The summed E-state index contributed by atoms with van der Waals surface area (Å²) in [4.78, 5) is 0. The molecule has 80 valence electrons. The second kappa shape index (κ2) is 7.64. The third kappa shape index (κ3) is 4.87. The number of halogens is 1. The van der Waals surface area contributed by atoms with Crippen molar-refractivity contribution >= 4 is 11.6 Å². The van der Waals surface area contributed by atoms with Gasteiger partial charge in [0.1, 0.15) is 0 Å². The minimum absolute atomic E-state index is 0.327. The maximum atomic E-state index is 6.04. The van der Waals surface area contributed by atoms with E-state index in [4.69, 9.17) is 16.3 Å². The molecule has 0 saturated heterocycles. The fourth-order valence-corrected chi connectivity index (χ4v) is 2.03. The number of unbranched alkanes of at least 4 members (excludes halogenated alkanes) is 1. The quantitative estimate of drug-likeness (QED) is 0.549. The molecule has 2 heteroatoms. The van der Waals surface area contributed by atoms with E-state index in [9.17, 15) is 0 Å². The van der Waals surface area contributed by atoms with Crippen molar-refractivity contribution in [3.05, 3.63) is 0 Å². The summed E-state index contributed by atoms with van der Waals surface area (Å²) in [6, 6.07) is 0. The first kappa shape index (κ1) is 13.2. The number of ether oxygens (including phenoxy) is 1. The van der Waals surface area contributed by atoms with Gasteiger partial charge in [0.15, 0.2) is 0 Å². The first-order chi connectivity index (χ1) is 6.24. The van der Waals surface area contributed by atoms with Crippen LogP contribution in [0.25, 0.3) is 0 Å². The standard InChI is InChI=1S/C11H23ClO/c1-4-6-7-11(5-2,10-12)8-9-13-3/h4-10H2,1-3H3. The molecule has 0 rings (SSSR count). The summed E-state index contributed by atoms with van der Waals surface area (Å²) >= 11 is 6.04. The Hall–Kier alpha value is 0.250. The zero-order valence-corrected chi connectivity index (χ0v) is 9.99. The molecule has 0 aromatic rings. The average Bonchev–Trinajstić information content (AvgIpc) is 2.20. The third-order valence-electron chi connectivity index (χ3n) is 2.93. The van der Waals surface area contributed by atoms with Crippen LogP contribution in [0.2, 0.25) is 0 Å². The molecular weight excluding hydrogens is 184 g/mol. The van der Waals surface area contributed by atoms with Gasteiger partial charge in [0.25, 0.3) is 0 Å². The van der Waals surface area contributed by atoms with Crippen LogP contribution in [-0.2, 0) is 4.74 Å². The van der Waals surface area contributed by atoms with Crippen molar-refractivity contribution in [1.29, 1.82) is 0 Å². The highest BCUT2D eigenvalue weighted by Crippen LogP contribution is 2.34. The van der Waals surface area contributed by atoms with Gasteiger partial charge in [-0.05, 0) is 24.7 Å². The van der Waals surface area contributed by atoms with Gasteiger partial charge in [0.05, 0.1) is 0 Å². The zero-order valence-electron chi connectivity index (χ0n) is 9.24. The Morgan fingerprint density at radius 1 is 1.23 bits per heavy atom. The molecule has 0 spiro atoms. The van der Waals surface area contributed by atoms with Crippen LogP contribution in [0.1, 0.15) is 46.0 Å². The number of rotatable bonds is 8. The molecule has 1 atom stereocenters. The summed E-state index contributed by atoms with van der Waals surface area (Å²) in [7, 11) is 1.76. The Balaban J connectivity index is 3.97. The Morgan fingerprint density at radius 3 is 2.31 bits per heavy atom. The number of methoxy groups -OCH3 is 1. The lowest BCUT2D eigenvalue weighted by atomic mass is 9.79. The van der Waals surface area contributed by atoms with Crippen molar-refractivity contribution in [2.75, 3.05) is 19.6 Å². The van der Waals surface area contributed by atoms with E-state index in [1.165, 1.54) is 25.7 Å². The summed E-state index contributed by atoms with van der Waals surface area (Å²) in [5.41, 5.74) is 0.327. The van der Waals surface area contributed by atoms with Gasteiger partial charge in [-0.3, -0.25) is 0 Å². The van der Waals surface area contributed by atoms with Crippen LogP contribution in [-0.4, -0.2) is 19.6 Å². The van der Waals surface area contributed by atoms with Gasteiger partial charge in [-0.2, -0.15) is 0 Å². The Morgan fingerprint density at radius 2 is 1.92 bits per heavy atom. The van der Waals surface area contributed by atoms with E-state index in [1.807, 2.05) is 0 Å². The van der Waals surface area contributed by atoms with E-state index in [-0.39, 0.29) is 0 Å². The lowest BCUT2D eigenvalue weighted by Crippen LogP contribution is -2.24. The predicted molar refractivity (Wildman–Crippen MR) is 59.5 cm³/mol. The molecular formula is C11H23ClO. The highest BCUT2D eigenvalue weighted by Gasteiger charge is 2.25. The van der Waals surface area contributed by atoms with Crippen LogP contribution in [0, 0.1) is 5.41 Å². The average molecular weight is 207 g/mol. The first-order valence-electron chi connectivity index (χ1n) is 5.29. The molecule has 0 aliphatic rings. The number of alkyl halides is 1. The van der Waals surface area contributed by atoms with Crippen LogP contribution in [0.4, 0.5) is 0 Å². The maximum Gasteiger partial charge on any atom is 0.0467 e. The van der Waals surface area contributed by atoms with Gasteiger partial charge in [-0.15, -0.1) is 11.6 Å². The van der Waals surface area contributed by atoms with E-state index in [0.29, 0.717) is 5.41 Å². The molecule has 13 heavy (non-hydrogen) atoms. The summed E-state index contributed by atoms with van der Waals surface area (Å²) < 4.78 is 5.12. The van der Waals surface area contributed by atoms with E-state index in [0.717, 1.165) is 18.9 Å². The molecule has 0 N–H and O–H groups in total. The van der Waals surface area contributed by atoms with Gasteiger partial charge >= 0.3 is 0 Å². The smallest absolute Gasteiger partial charge is 0.0467 e.